The molecule has 0 saturated carbocycles. The Balaban J connectivity index is 1.69. The van der Waals surface area contributed by atoms with Gasteiger partial charge in [-0.1, -0.05) is 30.3 Å². The van der Waals surface area contributed by atoms with E-state index >= 15 is 0 Å². The summed E-state index contributed by atoms with van der Waals surface area (Å²) >= 11 is 0. The van der Waals surface area contributed by atoms with Crippen molar-refractivity contribution in [2.75, 3.05) is 23.8 Å². The fourth-order valence-corrected chi connectivity index (χ4v) is 2.99. The maximum atomic E-state index is 12.6. The Kier molecular flexibility index (Phi) is 7.67. The second-order valence-corrected chi connectivity index (χ2v) is 6.83. The van der Waals surface area contributed by atoms with Gasteiger partial charge in [0.15, 0.2) is 0 Å². The molecule has 31 heavy (non-hydrogen) atoms. The summed E-state index contributed by atoms with van der Waals surface area (Å²) in [5.74, 6) is 0.343. The molecule has 2 aromatic heterocycles. The van der Waals surface area contributed by atoms with Crippen LogP contribution in [0, 0.1) is 12.3 Å². The highest BCUT2D eigenvalue weighted by atomic mass is 16.5. The number of nitrogens with zero attached hydrogens (tertiary/aromatic N) is 2. The first-order valence-corrected chi connectivity index (χ1v) is 9.99. The summed E-state index contributed by atoms with van der Waals surface area (Å²) in [6, 6.07) is 14.3. The Morgan fingerprint density at radius 1 is 1.19 bits per heavy atom. The molecule has 0 aliphatic heterocycles. The molecule has 0 aliphatic rings. The van der Waals surface area contributed by atoms with E-state index in [0.717, 1.165) is 16.9 Å². The number of nitrogens with one attached hydrogen (secondary N) is 4. The smallest absolute Gasteiger partial charge is 0.320 e. The van der Waals surface area contributed by atoms with Gasteiger partial charge >= 0.3 is 6.03 Å². The molecular weight excluding hydrogens is 392 g/mol. The van der Waals surface area contributed by atoms with Crippen LogP contribution in [0.15, 0.2) is 60.9 Å². The van der Waals surface area contributed by atoms with Crippen molar-refractivity contribution in [3.63, 3.8) is 0 Å². The van der Waals surface area contributed by atoms with Crippen LogP contribution in [0.2, 0.25) is 0 Å². The summed E-state index contributed by atoms with van der Waals surface area (Å²) < 4.78 is 5.52. The molecule has 2 heterocycles. The third-order valence-corrected chi connectivity index (χ3v) is 4.50. The molecule has 4 N–H and O–H groups in total. The monoisotopic (exact) mass is 418 g/mol. The second kappa shape index (κ2) is 10.8. The van der Waals surface area contributed by atoms with E-state index in [4.69, 9.17) is 10.1 Å². The lowest BCUT2D eigenvalue weighted by Gasteiger charge is -2.19. The van der Waals surface area contributed by atoms with Crippen molar-refractivity contribution in [2.45, 2.75) is 19.9 Å². The second-order valence-electron chi connectivity index (χ2n) is 6.83. The zero-order chi connectivity index (χ0) is 22.1. The molecule has 0 radical (unpaired) electrons. The zero-order valence-electron chi connectivity index (χ0n) is 17.6. The van der Waals surface area contributed by atoms with Crippen molar-refractivity contribution in [2.24, 2.45) is 0 Å². The quantitative estimate of drug-likeness (QED) is 0.384. The van der Waals surface area contributed by atoms with Gasteiger partial charge in [-0.05, 0) is 37.6 Å². The molecule has 0 aliphatic carbocycles. The van der Waals surface area contributed by atoms with E-state index in [9.17, 15) is 4.79 Å². The fraction of sp³-hybridized carbons (Fsp3) is 0.217. The van der Waals surface area contributed by atoms with Gasteiger partial charge in [-0.3, -0.25) is 10.3 Å². The zero-order valence-corrected chi connectivity index (χ0v) is 17.6. The van der Waals surface area contributed by atoms with E-state index in [1.807, 2.05) is 56.3 Å². The number of hydrogen-bond donors (Lipinski definition) is 4. The summed E-state index contributed by atoms with van der Waals surface area (Å²) in [6.07, 6.45) is 4.50. The number of urea groups is 1. The molecular formula is C23H26N6O2. The van der Waals surface area contributed by atoms with Crippen LogP contribution in [0.1, 0.15) is 29.8 Å². The summed E-state index contributed by atoms with van der Waals surface area (Å²) in [6.45, 7) is 4.73. The molecule has 0 unspecified atom stereocenters. The maximum absolute atomic E-state index is 12.6. The van der Waals surface area contributed by atoms with Crippen LogP contribution in [-0.2, 0) is 4.74 Å². The molecule has 1 aromatic carbocycles. The Labute approximate surface area is 181 Å². The number of ether oxygens (including phenoxy) is 1. The van der Waals surface area contributed by atoms with E-state index in [0.29, 0.717) is 30.3 Å². The third kappa shape index (κ3) is 6.35. The van der Waals surface area contributed by atoms with Crippen molar-refractivity contribution < 1.29 is 9.53 Å². The van der Waals surface area contributed by atoms with Gasteiger partial charge < -0.3 is 20.8 Å². The molecule has 0 saturated heterocycles. The van der Waals surface area contributed by atoms with Crippen molar-refractivity contribution in [1.82, 2.24) is 15.3 Å². The minimum absolute atomic E-state index is 0.292. The SMILES string of the molecule is CCOC[C@@H](NC(=O)Nc1cc(C=N)c(Nc2ccnc(C)c2)cn1)c1ccccc1. The van der Waals surface area contributed by atoms with E-state index in [2.05, 4.69) is 25.9 Å². The van der Waals surface area contributed by atoms with Gasteiger partial charge in [0.2, 0.25) is 0 Å². The summed E-state index contributed by atoms with van der Waals surface area (Å²) in [5, 5.41) is 16.6. The summed E-state index contributed by atoms with van der Waals surface area (Å²) in [7, 11) is 0. The van der Waals surface area contributed by atoms with Crippen LogP contribution in [-0.4, -0.2) is 35.4 Å². The normalized spacial score (nSPS) is 11.4. The molecule has 160 valence electrons. The van der Waals surface area contributed by atoms with Crippen molar-refractivity contribution in [3.8, 4) is 0 Å². The first-order valence-electron chi connectivity index (χ1n) is 9.99. The topological polar surface area (TPSA) is 112 Å². The molecule has 1 atom stereocenters. The Hall–Kier alpha value is -3.78. The third-order valence-electron chi connectivity index (χ3n) is 4.50. The van der Waals surface area contributed by atoms with Gasteiger partial charge in [0.25, 0.3) is 0 Å². The molecule has 3 aromatic rings. The fourth-order valence-electron chi connectivity index (χ4n) is 2.99. The molecule has 8 nitrogen and oxygen atoms in total. The number of amides is 2. The van der Waals surface area contributed by atoms with Crippen LogP contribution in [0.5, 0.6) is 0 Å². The molecule has 3 rings (SSSR count). The molecule has 0 spiro atoms. The molecule has 8 heteroatoms. The van der Waals surface area contributed by atoms with Crippen molar-refractivity contribution >= 4 is 29.4 Å². The Morgan fingerprint density at radius 2 is 2.00 bits per heavy atom. The first kappa shape index (κ1) is 21.9. The lowest BCUT2D eigenvalue weighted by Crippen LogP contribution is -2.35. The summed E-state index contributed by atoms with van der Waals surface area (Å²) in [4.78, 5) is 21.0. The van der Waals surface area contributed by atoms with E-state index in [1.54, 1.807) is 18.5 Å². The van der Waals surface area contributed by atoms with Gasteiger partial charge in [-0.15, -0.1) is 0 Å². The van der Waals surface area contributed by atoms with Crippen LogP contribution in [0.4, 0.5) is 22.0 Å². The van der Waals surface area contributed by atoms with Gasteiger partial charge in [-0.25, -0.2) is 9.78 Å². The van der Waals surface area contributed by atoms with Crippen LogP contribution < -0.4 is 16.0 Å². The van der Waals surface area contributed by atoms with E-state index in [-0.39, 0.29) is 6.04 Å². The number of hydrogen-bond acceptors (Lipinski definition) is 6. The number of anilines is 3. The standard InChI is InChI=1S/C23H26N6O2/c1-3-31-15-21(17-7-5-4-6-8-17)28-23(30)29-22-12-18(13-24)20(14-26-22)27-19-9-10-25-16(2)11-19/h4-14,21,24H,3,15H2,1-2H3,(H,25,27)(H2,26,28,29,30)/t21-/m1/s1. The van der Waals surface area contributed by atoms with Gasteiger partial charge in [0.1, 0.15) is 5.82 Å². The van der Waals surface area contributed by atoms with Gasteiger partial charge in [-0.2, -0.15) is 0 Å². The number of rotatable bonds is 9. The number of pyridine rings is 2. The van der Waals surface area contributed by atoms with Crippen LogP contribution >= 0.6 is 0 Å². The minimum Gasteiger partial charge on any atom is -0.379 e. The van der Waals surface area contributed by atoms with Crippen LogP contribution in [0.25, 0.3) is 0 Å². The largest absolute Gasteiger partial charge is 0.379 e. The molecule has 2 amide bonds. The van der Waals surface area contributed by atoms with E-state index < -0.39 is 6.03 Å². The van der Waals surface area contributed by atoms with Crippen molar-refractivity contribution in [1.29, 1.82) is 5.41 Å². The number of carbonyl (C=O) groups excluding carboxylic acids is 1. The van der Waals surface area contributed by atoms with Crippen LogP contribution in [0.3, 0.4) is 0 Å². The highest BCUT2D eigenvalue weighted by molar-refractivity contribution is 5.92. The summed E-state index contributed by atoms with van der Waals surface area (Å²) in [5.41, 5.74) is 3.92. The predicted octanol–water partition coefficient (Wildman–Crippen LogP) is 4.43. The average Bonchev–Trinajstić information content (AvgIpc) is 2.78. The Morgan fingerprint density at radius 3 is 2.71 bits per heavy atom. The number of carbonyl (C=O) groups is 1. The lowest BCUT2D eigenvalue weighted by molar-refractivity contribution is 0.125. The molecule has 0 fully saturated rings. The highest BCUT2D eigenvalue weighted by Gasteiger charge is 2.15. The minimum atomic E-state index is -0.401. The lowest BCUT2D eigenvalue weighted by atomic mass is 10.1. The first-order chi connectivity index (χ1) is 15.1. The number of aryl methyl sites for hydroxylation is 1. The Bertz CT molecular complexity index is 1030. The number of aromatic nitrogens is 2. The van der Waals surface area contributed by atoms with Crippen molar-refractivity contribution in [3.05, 3.63) is 77.7 Å². The molecule has 0 bridgehead atoms. The average molecular weight is 419 g/mol. The van der Waals surface area contributed by atoms with Gasteiger partial charge in [0, 0.05) is 36.0 Å². The number of benzene rings is 1. The highest BCUT2D eigenvalue weighted by Crippen LogP contribution is 2.21. The van der Waals surface area contributed by atoms with Gasteiger partial charge in [0.05, 0.1) is 24.5 Å². The predicted molar refractivity (Wildman–Crippen MR) is 122 cm³/mol. The maximum Gasteiger partial charge on any atom is 0.320 e. The van der Waals surface area contributed by atoms with E-state index in [1.165, 1.54) is 6.21 Å².